The summed E-state index contributed by atoms with van der Waals surface area (Å²) in [7, 11) is 1.57. The number of carbonyl (C=O) groups excluding carboxylic acids is 3. The number of aromatic nitrogens is 1. The lowest BCUT2D eigenvalue weighted by atomic mass is 9.75. The first-order valence-corrected chi connectivity index (χ1v) is 11.5. The number of nitrogens with zero attached hydrogens (tertiary/aromatic N) is 3. The molecule has 176 valence electrons. The number of methoxy groups -OCH3 is 1. The summed E-state index contributed by atoms with van der Waals surface area (Å²) in [5.74, 6) is 0.353. The first-order chi connectivity index (χ1) is 15.8. The van der Waals surface area contributed by atoms with Crippen molar-refractivity contribution in [2.24, 2.45) is 5.92 Å². The molecular formula is C26H33N3O4. The Morgan fingerprint density at radius 3 is 2.39 bits per heavy atom. The number of ether oxygens (including phenoxy) is 1. The van der Waals surface area contributed by atoms with E-state index in [1.54, 1.807) is 48.7 Å². The molecule has 0 N–H and O–H groups in total. The number of carbonyl (C=O) groups is 3. The largest absolute Gasteiger partial charge is 0.497 e. The molecule has 1 atom stereocenters. The van der Waals surface area contributed by atoms with Crippen molar-refractivity contribution in [3.63, 3.8) is 0 Å². The Balaban J connectivity index is 1.92. The van der Waals surface area contributed by atoms with E-state index in [4.69, 9.17) is 4.74 Å². The molecule has 0 spiro atoms. The molecule has 2 aromatic rings. The van der Waals surface area contributed by atoms with Crippen LogP contribution in [0.15, 0.2) is 48.8 Å². The summed E-state index contributed by atoms with van der Waals surface area (Å²) in [5, 5.41) is 0. The smallest absolute Gasteiger partial charge is 0.240 e. The van der Waals surface area contributed by atoms with Crippen molar-refractivity contribution in [1.29, 1.82) is 0 Å². The Morgan fingerprint density at radius 1 is 1.15 bits per heavy atom. The van der Waals surface area contributed by atoms with Crippen LogP contribution in [0.5, 0.6) is 5.75 Å². The molecule has 1 aliphatic heterocycles. The second kappa shape index (κ2) is 10.6. The number of hydrogen-bond acceptors (Lipinski definition) is 5. The number of likely N-dealkylation sites (tertiary alicyclic amines) is 1. The normalized spacial score (nSPS) is 18.2. The summed E-state index contributed by atoms with van der Waals surface area (Å²) in [6.45, 7) is 7.33. The summed E-state index contributed by atoms with van der Waals surface area (Å²) in [6.07, 6.45) is 4.06. The van der Waals surface area contributed by atoms with E-state index in [0.29, 0.717) is 36.9 Å². The number of pyridine rings is 1. The van der Waals surface area contributed by atoms with Crippen molar-refractivity contribution in [2.75, 3.05) is 20.2 Å². The summed E-state index contributed by atoms with van der Waals surface area (Å²) in [6, 6.07) is 10.9. The van der Waals surface area contributed by atoms with Crippen LogP contribution in [0.3, 0.4) is 0 Å². The molecule has 0 bridgehead atoms. The van der Waals surface area contributed by atoms with Crippen LogP contribution in [0.2, 0.25) is 0 Å². The molecule has 0 aliphatic carbocycles. The standard InChI is InChI=1S/C26H33N3O4/c1-5-28(18-20-10-13-27-14-11-20)23(30)16-26(21-6-8-22(33-4)9-7-21)17-24(31)29(25(26)32)15-12-19(2)3/h6-11,13-14,19H,5,12,15-18H2,1-4H3. The number of hydrogen-bond donors (Lipinski definition) is 0. The molecule has 2 heterocycles. The first kappa shape index (κ1) is 24.4. The Hall–Kier alpha value is -3.22. The Morgan fingerprint density at radius 2 is 1.82 bits per heavy atom. The van der Waals surface area contributed by atoms with Crippen molar-refractivity contribution in [3.05, 3.63) is 59.9 Å². The van der Waals surface area contributed by atoms with Crippen molar-refractivity contribution >= 4 is 17.7 Å². The summed E-state index contributed by atoms with van der Waals surface area (Å²) in [4.78, 5) is 47.2. The fourth-order valence-corrected chi connectivity index (χ4v) is 4.24. The van der Waals surface area contributed by atoms with Gasteiger partial charge in [0.25, 0.3) is 0 Å². The highest BCUT2D eigenvalue weighted by Gasteiger charge is 2.53. The zero-order valence-corrected chi connectivity index (χ0v) is 19.9. The fourth-order valence-electron chi connectivity index (χ4n) is 4.24. The highest BCUT2D eigenvalue weighted by Crippen LogP contribution is 2.41. The molecule has 1 fully saturated rings. The van der Waals surface area contributed by atoms with Crippen LogP contribution in [-0.4, -0.2) is 52.7 Å². The summed E-state index contributed by atoms with van der Waals surface area (Å²) >= 11 is 0. The number of imide groups is 1. The van der Waals surface area contributed by atoms with Gasteiger partial charge in [-0.15, -0.1) is 0 Å². The molecule has 1 unspecified atom stereocenters. The molecule has 1 saturated heterocycles. The van der Waals surface area contributed by atoms with Crippen molar-refractivity contribution in [3.8, 4) is 5.75 Å². The molecular weight excluding hydrogens is 418 g/mol. The van der Waals surface area contributed by atoms with Gasteiger partial charge >= 0.3 is 0 Å². The van der Waals surface area contributed by atoms with E-state index in [1.165, 1.54) is 4.90 Å². The van der Waals surface area contributed by atoms with Gasteiger partial charge in [0, 0.05) is 44.9 Å². The average Bonchev–Trinajstić information content (AvgIpc) is 3.06. The molecule has 1 aromatic carbocycles. The lowest BCUT2D eigenvalue weighted by Gasteiger charge is -2.30. The van der Waals surface area contributed by atoms with Gasteiger partial charge in [-0.1, -0.05) is 26.0 Å². The van der Waals surface area contributed by atoms with Gasteiger partial charge in [-0.05, 0) is 54.7 Å². The quantitative estimate of drug-likeness (QED) is 0.516. The van der Waals surface area contributed by atoms with Crippen LogP contribution >= 0.6 is 0 Å². The SMILES string of the molecule is CCN(Cc1ccncc1)C(=O)CC1(c2ccc(OC)cc2)CC(=O)N(CCC(C)C)C1=O. The second-order valence-corrected chi connectivity index (χ2v) is 8.96. The lowest BCUT2D eigenvalue weighted by Crippen LogP contribution is -2.43. The molecule has 0 radical (unpaired) electrons. The zero-order chi connectivity index (χ0) is 24.0. The lowest BCUT2D eigenvalue weighted by molar-refractivity contribution is -0.143. The number of benzene rings is 1. The van der Waals surface area contributed by atoms with E-state index in [1.807, 2.05) is 19.1 Å². The van der Waals surface area contributed by atoms with Gasteiger partial charge in [0.1, 0.15) is 5.75 Å². The van der Waals surface area contributed by atoms with Gasteiger partial charge in [0.2, 0.25) is 17.7 Å². The zero-order valence-electron chi connectivity index (χ0n) is 19.9. The molecule has 1 aromatic heterocycles. The van der Waals surface area contributed by atoms with Crippen LogP contribution < -0.4 is 4.74 Å². The Labute approximate surface area is 195 Å². The molecule has 7 nitrogen and oxygen atoms in total. The van der Waals surface area contributed by atoms with Crippen molar-refractivity contribution < 1.29 is 19.1 Å². The molecule has 3 amide bonds. The molecule has 0 saturated carbocycles. The van der Waals surface area contributed by atoms with Crippen LogP contribution in [-0.2, 0) is 26.3 Å². The highest BCUT2D eigenvalue weighted by atomic mass is 16.5. The summed E-state index contributed by atoms with van der Waals surface area (Å²) < 4.78 is 5.26. The second-order valence-electron chi connectivity index (χ2n) is 8.96. The minimum atomic E-state index is -1.21. The monoisotopic (exact) mass is 451 g/mol. The molecule has 1 aliphatic rings. The van der Waals surface area contributed by atoms with Gasteiger partial charge in [-0.25, -0.2) is 0 Å². The maximum absolute atomic E-state index is 13.7. The third-order valence-electron chi connectivity index (χ3n) is 6.29. The van der Waals surface area contributed by atoms with E-state index in [9.17, 15) is 14.4 Å². The van der Waals surface area contributed by atoms with Crippen LogP contribution in [0, 0.1) is 5.92 Å². The predicted octanol–water partition coefficient (Wildman–Crippen LogP) is 3.57. The topological polar surface area (TPSA) is 79.8 Å². The van der Waals surface area contributed by atoms with Crippen LogP contribution in [0.25, 0.3) is 0 Å². The van der Waals surface area contributed by atoms with Crippen molar-refractivity contribution in [2.45, 2.75) is 52.0 Å². The van der Waals surface area contributed by atoms with Crippen molar-refractivity contribution in [1.82, 2.24) is 14.8 Å². The highest BCUT2D eigenvalue weighted by molar-refractivity contribution is 6.10. The fraction of sp³-hybridized carbons (Fsp3) is 0.462. The van der Waals surface area contributed by atoms with Gasteiger partial charge in [0.05, 0.1) is 12.5 Å². The van der Waals surface area contributed by atoms with E-state index in [-0.39, 0.29) is 30.6 Å². The van der Waals surface area contributed by atoms with Gasteiger partial charge in [0.15, 0.2) is 0 Å². The third-order valence-corrected chi connectivity index (χ3v) is 6.29. The minimum Gasteiger partial charge on any atom is -0.497 e. The van der Waals surface area contributed by atoms with E-state index < -0.39 is 5.41 Å². The Bertz CT molecular complexity index is 975. The van der Waals surface area contributed by atoms with Gasteiger partial charge < -0.3 is 9.64 Å². The minimum absolute atomic E-state index is 0.00515. The molecule has 33 heavy (non-hydrogen) atoms. The van der Waals surface area contributed by atoms with Crippen LogP contribution in [0.4, 0.5) is 0 Å². The molecule has 7 heteroatoms. The third kappa shape index (κ3) is 5.41. The predicted molar refractivity (Wildman–Crippen MR) is 125 cm³/mol. The average molecular weight is 452 g/mol. The first-order valence-electron chi connectivity index (χ1n) is 11.5. The van der Waals surface area contributed by atoms with E-state index >= 15 is 0 Å². The van der Waals surface area contributed by atoms with Gasteiger partial charge in [-0.2, -0.15) is 0 Å². The maximum atomic E-state index is 13.7. The number of amides is 3. The maximum Gasteiger partial charge on any atom is 0.240 e. The van der Waals surface area contributed by atoms with Crippen LogP contribution in [0.1, 0.15) is 51.2 Å². The molecule has 3 rings (SSSR count). The number of rotatable bonds is 10. The van der Waals surface area contributed by atoms with E-state index in [0.717, 1.165) is 12.0 Å². The van der Waals surface area contributed by atoms with Gasteiger partial charge in [-0.3, -0.25) is 24.3 Å². The van der Waals surface area contributed by atoms with E-state index in [2.05, 4.69) is 18.8 Å². The summed E-state index contributed by atoms with van der Waals surface area (Å²) in [5.41, 5.74) is 0.427. The Kier molecular flexibility index (Phi) is 7.84.